The quantitative estimate of drug-likeness (QED) is 0.926. The Morgan fingerprint density at radius 3 is 2.70 bits per heavy atom. The van der Waals surface area contributed by atoms with Gasteiger partial charge < -0.3 is 10.2 Å². The molecular weight excluding hydrogens is 295 g/mol. The molecule has 0 saturated heterocycles. The molecule has 1 aliphatic rings. The van der Waals surface area contributed by atoms with Crippen molar-refractivity contribution in [2.24, 2.45) is 0 Å². The summed E-state index contributed by atoms with van der Waals surface area (Å²) in [6.45, 7) is 1.70. The summed E-state index contributed by atoms with van der Waals surface area (Å²) in [5.74, 6) is -0.825. The Hall–Kier alpha value is -2.69. The van der Waals surface area contributed by atoms with Crippen LogP contribution in [0.2, 0.25) is 0 Å². The molecular formula is C18H17FN2O2. The number of benzene rings is 2. The molecule has 0 aromatic heterocycles. The van der Waals surface area contributed by atoms with Crippen molar-refractivity contribution in [3.05, 3.63) is 65.5 Å². The van der Waals surface area contributed by atoms with Gasteiger partial charge in [0.05, 0.1) is 6.04 Å². The van der Waals surface area contributed by atoms with Crippen molar-refractivity contribution in [3.63, 3.8) is 0 Å². The van der Waals surface area contributed by atoms with E-state index in [0.29, 0.717) is 11.3 Å². The summed E-state index contributed by atoms with van der Waals surface area (Å²) in [6, 6.07) is 13.1. The number of nitrogens with zero attached hydrogens (tertiary/aromatic N) is 1. The smallest absolute Gasteiger partial charge is 0.244 e. The molecule has 3 rings (SSSR count). The lowest BCUT2D eigenvalue weighted by Crippen LogP contribution is -2.38. The maximum absolute atomic E-state index is 13.8. The van der Waals surface area contributed by atoms with Gasteiger partial charge in [-0.3, -0.25) is 9.59 Å². The Balaban J connectivity index is 2.21. The summed E-state index contributed by atoms with van der Waals surface area (Å²) in [7, 11) is 0. The molecule has 0 fully saturated rings. The van der Waals surface area contributed by atoms with E-state index in [1.165, 1.54) is 17.0 Å². The number of hydrogen-bond acceptors (Lipinski definition) is 2. The first-order valence-electron chi connectivity index (χ1n) is 7.54. The Labute approximate surface area is 133 Å². The van der Waals surface area contributed by atoms with Gasteiger partial charge in [-0.25, -0.2) is 4.39 Å². The average molecular weight is 312 g/mol. The summed E-state index contributed by atoms with van der Waals surface area (Å²) < 4.78 is 13.8. The molecule has 1 atom stereocenters. The minimum atomic E-state index is -0.492. The molecule has 2 aromatic rings. The second kappa shape index (κ2) is 6.20. The molecule has 0 spiro atoms. The van der Waals surface area contributed by atoms with Gasteiger partial charge >= 0.3 is 0 Å². The third kappa shape index (κ3) is 2.95. The minimum absolute atomic E-state index is 0.0530. The zero-order valence-corrected chi connectivity index (χ0v) is 12.8. The van der Waals surface area contributed by atoms with Gasteiger partial charge in [0.2, 0.25) is 11.8 Å². The molecule has 1 N–H and O–H groups in total. The van der Waals surface area contributed by atoms with Crippen LogP contribution >= 0.6 is 0 Å². The molecule has 5 heteroatoms. The van der Waals surface area contributed by atoms with Crippen molar-refractivity contribution >= 4 is 17.5 Å². The fraction of sp³-hybridized carbons (Fsp3) is 0.222. The number of hydrogen-bond donors (Lipinski definition) is 1. The van der Waals surface area contributed by atoms with Crippen molar-refractivity contribution in [3.8, 4) is 0 Å². The summed E-state index contributed by atoms with van der Waals surface area (Å²) in [5, 5.41) is 2.76. The number of rotatable bonds is 2. The largest absolute Gasteiger partial charge is 0.324 e. The van der Waals surface area contributed by atoms with E-state index < -0.39 is 11.9 Å². The van der Waals surface area contributed by atoms with Gasteiger partial charge in [0.1, 0.15) is 12.4 Å². The van der Waals surface area contributed by atoms with Crippen molar-refractivity contribution in [1.29, 1.82) is 0 Å². The molecule has 0 aliphatic carbocycles. The van der Waals surface area contributed by atoms with Crippen molar-refractivity contribution < 1.29 is 14.0 Å². The van der Waals surface area contributed by atoms with Crippen LogP contribution in [0.5, 0.6) is 0 Å². The lowest BCUT2D eigenvalue weighted by molar-refractivity contribution is -0.135. The zero-order chi connectivity index (χ0) is 16.4. The molecule has 2 aromatic carbocycles. The molecule has 0 radical (unpaired) electrons. The first-order chi connectivity index (χ1) is 11.1. The average Bonchev–Trinajstić information content (AvgIpc) is 2.70. The fourth-order valence-electron chi connectivity index (χ4n) is 2.91. The highest BCUT2D eigenvalue weighted by molar-refractivity contribution is 5.97. The third-order valence-electron chi connectivity index (χ3n) is 3.95. The summed E-state index contributed by atoms with van der Waals surface area (Å²) >= 11 is 0. The predicted molar refractivity (Wildman–Crippen MR) is 85.3 cm³/mol. The molecule has 0 unspecified atom stereocenters. The molecule has 2 amide bonds. The Morgan fingerprint density at radius 1 is 1.26 bits per heavy atom. The van der Waals surface area contributed by atoms with E-state index >= 15 is 0 Å². The summed E-state index contributed by atoms with van der Waals surface area (Å²) in [6.07, 6.45) is 0.279. The first kappa shape index (κ1) is 15.2. The van der Waals surface area contributed by atoms with E-state index in [2.05, 4.69) is 5.32 Å². The van der Waals surface area contributed by atoms with Crippen LogP contribution in [-0.2, 0) is 9.59 Å². The highest BCUT2D eigenvalue weighted by Crippen LogP contribution is 2.36. The number of amides is 2. The standard InChI is InChI=1S/C18H17FN2O2/c1-2-17(23)21-11-16(22)20-15-9-8-13(19)10-14(15)18(21)12-6-4-3-5-7-12/h3-10,18H,2,11H2,1H3,(H,20,22)/t18-/m1/s1. The van der Waals surface area contributed by atoms with E-state index in [4.69, 9.17) is 0 Å². The maximum atomic E-state index is 13.8. The second-order valence-electron chi connectivity index (χ2n) is 5.47. The van der Waals surface area contributed by atoms with E-state index in [0.717, 1.165) is 5.56 Å². The zero-order valence-electron chi connectivity index (χ0n) is 12.8. The molecule has 1 aliphatic heterocycles. The van der Waals surface area contributed by atoms with Crippen LogP contribution in [0.25, 0.3) is 0 Å². The number of anilines is 1. The number of carbonyl (C=O) groups excluding carboxylic acids is 2. The predicted octanol–water partition coefficient (Wildman–Crippen LogP) is 3.11. The summed E-state index contributed by atoms with van der Waals surface area (Å²) in [4.78, 5) is 26.0. The van der Waals surface area contributed by atoms with Crippen LogP contribution in [0, 0.1) is 5.82 Å². The normalized spacial score (nSPS) is 17.2. The molecule has 0 bridgehead atoms. The van der Waals surface area contributed by atoms with E-state index in [9.17, 15) is 14.0 Å². The molecule has 1 heterocycles. The molecule has 118 valence electrons. The maximum Gasteiger partial charge on any atom is 0.244 e. The first-order valence-corrected chi connectivity index (χ1v) is 7.54. The van der Waals surface area contributed by atoms with Gasteiger partial charge in [0.25, 0.3) is 0 Å². The van der Waals surface area contributed by atoms with Crippen molar-refractivity contribution in [1.82, 2.24) is 4.90 Å². The van der Waals surface area contributed by atoms with Crippen LogP contribution in [0.4, 0.5) is 10.1 Å². The van der Waals surface area contributed by atoms with E-state index in [1.54, 1.807) is 13.0 Å². The summed E-state index contributed by atoms with van der Waals surface area (Å²) in [5.41, 5.74) is 1.97. The number of nitrogens with one attached hydrogen (secondary N) is 1. The number of fused-ring (bicyclic) bond motifs is 1. The van der Waals surface area contributed by atoms with Crippen LogP contribution in [0.15, 0.2) is 48.5 Å². The van der Waals surface area contributed by atoms with Gasteiger partial charge in [-0.15, -0.1) is 0 Å². The Bertz CT molecular complexity index is 746. The SMILES string of the molecule is CCC(=O)N1CC(=O)Nc2ccc(F)cc2[C@H]1c1ccccc1. The van der Waals surface area contributed by atoms with Gasteiger partial charge in [-0.2, -0.15) is 0 Å². The Kier molecular flexibility index (Phi) is 4.10. The van der Waals surface area contributed by atoms with Crippen molar-refractivity contribution in [2.75, 3.05) is 11.9 Å². The molecule has 4 nitrogen and oxygen atoms in total. The number of halogens is 1. The van der Waals surface area contributed by atoms with E-state index in [-0.39, 0.29) is 24.8 Å². The minimum Gasteiger partial charge on any atom is -0.324 e. The van der Waals surface area contributed by atoms with Crippen LogP contribution in [-0.4, -0.2) is 23.3 Å². The molecule has 23 heavy (non-hydrogen) atoms. The van der Waals surface area contributed by atoms with Crippen LogP contribution in [0.1, 0.15) is 30.5 Å². The topological polar surface area (TPSA) is 49.4 Å². The van der Waals surface area contributed by atoms with Gasteiger partial charge in [0.15, 0.2) is 0 Å². The van der Waals surface area contributed by atoms with Crippen LogP contribution < -0.4 is 5.32 Å². The van der Waals surface area contributed by atoms with Gasteiger partial charge in [-0.05, 0) is 23.8 Å². The highest BCUT2D eigenvalue weighted by atomic mass is 19.1. The third-order valence-corrected chi connectivity index (χ3v) is 3.95. The fourth-order valence-corrected chi connectivity index (χ4v) is 2.91. The monoisotopic (exact) mass is 312 g/mol. The molecule has 0 saturated carbocycles. The second-order valence-corrected chi connectivity index (χ2v) is 5.47. The lowest BCUT2D eigenvalue weighted by Gasteiger charge is -2.30. The Morgan fingerprint density at radius 2 is 2.00 bits per heavy atom. The highest BCUT2D eigenvalue weighted by Gasteiger charge is 2.32. The van der Waals surface area contributed by atoms with Gasteiger partial charge in [0, 0.05) is 17.7 Å². The number of carbonyl (C=O) groups is 2. The van der Waals surface area contributed by atoms with E-state index in [1.807, 2.05) is 30.3 Å². The van der Waals surface area contributed by atoms with Crippen LogP contribution in [0.3, 0.4) is 0 Å². The lowest BCUT2D eigenvalue weighted by atomic mass is 9.95. The van der Waals surface area contributed by atoms with Crippen molar-refractivity contribution in [2.45, 2.75) is 19.4 Å². The van der Waals surface area contributed by atoms with Gasteiger partial charge in [-0.1, -0.05) is 37.3 Å².